The van der Waals surface area contributed by atoms with E-state index < -0.39 is 48.2 Å². The summed E-state index contributed by atoms with van der Waals surface area (Å²) in [6.07, 6.45) is -4.87. The summed E-state index contributed by atoms with van der Waals surface area (Å²) in [4.78, 5) is 12.0. The third kappa shape index (κ3) is 5.39. The lowest BCUT2D eigenvalue weighted by Crippen LogP contribution is -2.49. The highest BCUT2D eigenvalue weighted by Gasteiger charge is 2.35. The van der Waals surface area contributed by atoms with Gasteiger partial charge in [0.25, 0.3) is 0 Å². The van der Waals surface area contributed by atoms with E-state index in [0.717, 1.165) is 18.2 Å². The number of hydrogen-bond donors (Lipinski definition) is 3. The number of phenols is 1. The smallest absolute Gasteiger partial charge is 0.420 e. The van der Waals surface area contributed by atoms with Crippen molar-refractivity contribution in [3.8, 4) is 17.2 Å². The third-order valence-electron chi connectivity index (χ3n) is 3.73. The average Bonchev–Trinajstić information content (AvgIpc) is 2.65. The second-order valence-electron chi connectivity index (χ2n) is 5.86. The number of ether oxygens (including phenoxy) is 2. The van der Waals surface area contributed by atoms with E-state index in [1.807, 2.05) is 0 Å². The Morgan fingerprint density at radius 2 is 1.83 bits per heavy atom. The molecule has 0 aromatic heterocycles. The summed E-state index contributed by atoms with van der Waals surface area (Å²) in [6.45, 7) is -4.00. The number of nitrogens with two attached hydrogens (primary N) is 2. The molecule has 0 fully saturated rings. The Bertz CT molecular complexity index is 908. The average molecular weight is 436 g/mol. The van der Waals surface area contributed by atoms with Crippen LogP contribution >= 0.6 is 0 Å². The van der Waals surface area contributed by atoms with E-state index in [4.69, 9.17) is 16.4 Å². The van der Waals surface area contributed by atoms with Crippen LogP contribution in [-0.4, -0.2) is 29.8 Å². The van der Waals surface area contributed by atoms with Gasteiger partial charge in [-0.05, 0) is 30.3 Å². The van der Waals surface area contributed by atoms with E-state index in [0.29, 0.717) is 16.1 Å². The Morgan fingerprint density at radius 3 is 2.40 bits per heavy atom. The molecule has 0 radical (unpaired) electrons. The van der Waals surface area contributed by atoms with Crippen LogP contribution in [0, 0.1) is 0 Å². The fraction of sp³-hybridized carbons (Fsp3) is 0.235. The molecule has 0 aliphatic rings. The Kier molecular flexibility index (Phi) is 6.89. The van der Waals surface area contributed by atoms with Gasteiger partial charge in [-0.15, -0.1) is 0 Å². The number of rotatable bonds is 6. The zero-order valence-corrected chi connectivity index (χ0v) is 15.4. The minimum Gasteiger partial charge on any atom is -0.508 e. The van der Waals surface area contributed by atoms with Crippen molar-refractivity contribution in [1.29, 1.82) is 0 Å². The Hall–Kier alpha value is -3.32. The summed E-state index contributed by atoms with van der Waals surface area (Å²) < 4.78 is 74.7. The zero-order chi connectivity index (χ0) is 22.6. The first-order chi connectivity index (χ1) is 13.9. The molecule has 0 saturated heterocycles. The van der Waals surface area contributed by atoms with Gasteiger partial charge in [-0.2, -0.15) is 22.0 Å². The molecule has 0 spiro atoms. The molecule has 2 rings (SSSR count). The van der Waals surface area contributed by atoms with Crippen molar-refractivity contribution in [2.45, 2.75) is 19.4 Å². The largest absolute Gasteiger partial charge is 0.508 e. The van der Waals surface area contributed by atoms with Crippen LogP contribution in [0.3, 0.4) is 0 Å². The molecule has 2 aromatic rings. The minimum atomic E-state index is -4.87. The van der Waals surface area contributed by atoms with Crippen molar-refractivity contribution in [3.05, 3.63) is 47.5 Å². The summed E-state index contributed by atoms with van der Waals surface area (Å²) in [5, 5.41) is 10.4. The fourth-order valence-corrected chi connectivity index (χ4v) is 2.42. The normalized spacial score (nSPS) is 11.4. The number of nitrogens with zero attached hydrogens (tertiary/aromatic N) is 2. The quantitative estimate of drug-likeness (QED) is 0.277. The van der Waals surface area contributed by atoms with Crippen molar-refractivity contribution in [3.63, 3.8) is 0 Å². The van der Waals surface area contributed by atoms with Gasteiger partial charge in [0, 0.05) is 7.05 Å². The number of alkyl halides is 5. The van der Waals surface area contributed by atoms with Crippen molar-refractivity contribution in [1.82, 2.24) is 5.01 Å². The molecular formula is C17H17F5N4O4. The number of carbonyl (C=O) groups excluding carboxylic acids is 1. The number of aromatic hydroxyl groups is 1. The number of benzene rings is 2. The van der Waals surface area contributed by atoms with Crippen LogP contribution in [0.15, 0.2) is 36.4 Å². The molecule has 0 saturated carbocycles. The predicted octanol–water partition coefficient (Wildman–Crippen LogP) is 3.20. The van der Waals surface area contributed by atoms with E-state index in [9.17, 15) is 31.9 Å². The van der Waals surface area contributed by atoms with E-state index in [1.54, 1.807) is 0 Å². The number of amides is 2. The maximum absolute atomic E-state index is 13.2. The van der Waals surface area contributed by atoms with Crippen molar-refractivity contribution in [2.24, 2.45) is 11.7 Å². The third-order valence-corrected chi connectivity index (χ3v) is 3.73. The van der Waals surface area contributed by atoms with Gasteiger partial charge in [-0.25, -0.2) is 21.5 Å². The van der Waals surface area contributed by atoms with Gasteiger partial charge in [-0.3, -0.25) is 5.01 Å². The van der Waals surface area contributed by atoms with Crippen LogP contribution in [0.5, 0.6) is 17.2 Å². The molecule has 0 atom stereocenters. The van der Waals surface area contributed by atoms with Gasteiger partial charge in [0.1, 0.15) is 29.4 Å². The van der Waals surface area contributed by atoms with Crippen LogP contribution in [0.2, 0.25) is 0 Å². The van der Waals surface area contributed by atoms with Crippen molar-refractivity contribution in [2.75, 3.05) is 12.1 Å². The number of anilines is 1. The molecule has 2 amide bonds. The van der Waals surface area contributed by atoms with E-state index in [1.165, 1.54) is 19.2 Å². The topological polar surface area (TPSA) is 114 Å². The van der Waals surface area contributed by atoms with E-state index in [2.05, 4.69) is 4.74 Å². The Labute approximate surface area is 166 Å². The molecule has 2 aromatic carbocycles. The van der Waals surface area contributed by atoms with E-state index >= 15 is 0 Å². The highest BCUT2D eigenvalue weighted by Crippen LogP contribution is 2.39. The maximum atomic E-state index is 13.2. The van der Waals surface area contributed by atoms with Crippen molar-refractivity contribution < 1.29 is 41.3 Å². The highest BCUT2D eigenvalue weighted by atomic mass is 19.4. The van der Waals surface area contributed by atoms with E-state index in [-0.39, 0.29) is 11.3 Å². The van der Waals surface area contributed by atoms with Crippen LogP contribution in [0.4, 0.5) is 32.4 Å². The van der Waals surface area contributed by atoms with Gasteiger partial charge in [0.05, 0.1) is 11.3 Å². The van der Waals surface area contributed by atoms with Crippen LogP contribution in [0.25, 0.3) is 0 Å². The molecule has 0 aliphatic carbocycles. The first kappa shape index (κ1) is 23.0. The summed E-state index contributed by atoms with van der Waals surface area (Å²) in [7, 11) is 1.17. The molecule has 8 nitrogen and oxygen atoms in total. The van der Waals surface area contributed by atoms with Gasteiger partial charge < -0.3 is 14.6 Å². The molecule has 0 aliphatic heterocycles. The van der Waals surface area contributed by atoms with Gasteiger partial charge in [-0.1, -0.05) is 6.07 Å². The fourth-order valence-electron chi connectivity index (χ4n) is 2.42. The molecular weight excluding hydrogens is 419 g/mol. The van der Waals surface area contributed by atoms with Gasteiger partial charge in [0.2, 0.25) is 0 Å². The first-order valence-corrected chi connectivity index (χ1v) is 8.08. The second kappa shape index (κ2) is 9.00. The lowest BCUT2D eigenvalue weighted by molar-refractivity contribution is -0.139. The lowest BCUT2D eigenvalue weighted by atomic mass is 10.1. The predicted molar refractivity (Wildman–Crippen MR) is 94.5 cm³/mol. The first-order valence-electron chi connectivity index (χ1n) is 8.08. The molecule has 30 heavy (non-hydrogen) atoms. The van der Waals surface area contributed by atoms with Crippen LogP contribution < -0.4 is 26.2 Å². The number of urea groups is 1. The maximum Gasteiger partial charge on any atom is 0.420 e. The molecule has 5 N–H and O–H groups in total. The number of carbonyl (C=O) groups is 1. The number of hydrazine groups is 2. The highest BCUT2D eigenvalue weighted by molar-refractivity contribution is 5.91. The number of halogens is 5. The summed E-state index contributed by atoms with van der Waals surface area (Å²) in [5.41, 5.74) is -1.72. The number of hydrogen-bond acceptors (Lipinski definition) is 6. The van der Waals surface area contributed by atoms with Gasteiger partial charge >= 0.3 is 18.8 Å². The minimum absolute atomic E-state index is 0.192. The summed E-state index contributed by atoms with van der Waals surface area (Å²) in [6, 6.07) is 4.87. The summed E-state index contributed by atoms with van der Waals surface area (Å²) >= 11 is 0. The Morgan fingerprint density at radius 1 is 1.17 bits per heavy atom. The molecule has 0 bridgehead atoms. The summed E-state index contributed by atoms with van der Waals surface area (Å²) in [5.74, 6) is 9.18. The monoisotopic (exact) mass is 436 g/mol. The van der Waals surface area contributed by atoms with Gasteiger partial charge in [0.15, 0.2) is 0 Å². The SMILES string of the molecule is CN(N)C(=O)N(N)c1cccc(OC(F)F)c1COc1ccc(O)cc1C(F)(F)F. The zero-order valence-electron chi connectivity index (χ0n) is 15.4. The number of phenolic OH excluding ortho intramolecular Hbond substituents is 1. The molecule has 164 valence electrons. The van der Waals surface area contributed by atoms with Crippen LogP contribution in [0.1, 0.15) is 11.1 Å². The lowest BCUT2D eigenvalue weighted by Gasteiger charge is -2.24. The van der Waals surface area contributed by atoms with Crippen molar-refractivity contribution >= 4 is 11.7 Å². The second-order valence-corrected chi connectivity index (χ2v) is 5.86. The standard InChI is InChI=1S/C17H17F5N4O4/c1-25(23)16(28)26(24)12-3-2-4-13(30-15(18)19)10(12)8-29-14-6-5-9(27)7-11(14)17(20,21)22/h2-7,15,27H,8,23-24H2,1H3. The molecule has 0 heterocycles. The Balaban J connectivity index is 2.46. The van der Waals surface area contributed by atoms with Crippen LogP contribution in [-0.2, 0) is 12.8 Å². The molecule has 13 heteroatoms. The molecule has 0 unspecified atom stereocenters.